The van der Waals surface area contributed by atoms with Gasteiger partial charge in [0.25, 0.3) is 0 Å². The van der Waals surface area contributed by atoms with Crippen LogP contribution in [-0.2, 0) is 16.0 Å². The van der Waals surface area contributed by atoms with Gasteiger partial charge < -0.3 is 19.3 Å². The van der Waals surface area contributed by atoms with Gasteiger partial charge in [-0.2, -0.15) is 0 Å². The van der Waals surface area contributed by atoms with Crippen LogP contribution in [0.5, 0.6) is 0 Å². The number of nitrogens with zero attached hydrogens (tertiary/aromatic N) is 1. The van der Waals surface area contributed by atoms with Gasteiger partial charge in [0.15, 0.2) is 5.79 Å². The number of ether oxygens (including phenoxy) is 2. The predicted molar refractivity (Wildman–Crippen MR) is 78.9 cm³/mol. The molecular formula is C16H26N2O3. The summed E-state index contributed by atoms with van der Waals surface area (Å²) in [7, 11) is 0. The maximum Gasteiger partial charge on any atom is 0.168 e. The maximum atomic E-state index is 6.19. The van der Waals surface area contributed by atoms with Crippen LogP contribution in [0, 0.1) is 19.8 Å². The Morgan fingerprint density at radius 3 is 2.71 bits per heavy atom. The first-order chi connectivity index (χ1) is 10.1. The Morgan fingerprint density at radius 1 is 1.29 bits per heavy atom. The molecule has 1 aliphatic carbocycles. The van der Waals surface area contributed by atoms with E-state index in [0.29, 0.717) is 6.61 Å². The highest BCUT2D eigenvalue weighted by atomic mass is 16.7. The monoisotopic (exact) mass is 294 g/mol. The molecule has 1 atom stereocenters. The second kappa shape index (κ2) is 6.07. The third-order valence-electron chi connectivity index (χ3n) is 4.80. The quantitative estimate of drug-likeness (QED) is 0.925. The number of hydrogen-bond acceptors (Lipinski definition) is 5. The van der Waals surface area contributed by atoms with Crippen molar-refractivity contribution in [2.24, 2.45) is 5.92 Å². The molecule has 0 bridgehead atoms. The third kappa shape index (κ3) is 3.30. The van der Waals surface area contributed by atoms with E-state index in [1.54, 1.807) is 0 Å². The van der Waals surface area contributed by atoms with Gasteiger partial charge in [-0.15, -0.1) is 0 Å². The highest BCUT2D eigenvalue weighted by Crippen LogP contribution is 2.39. The van der Waals surface area contributed by atoms with E-state index < -0.39 is 0 Å². The Balaban J connectivity index is 1.45. The summed E-state index contributed by atoms with van der Waals surface area (Å²) in [5, 5.41) is 7.41. The van der Waals surface area contributed by atoms with E-state index in [2.05, 4.69) is 17.4 Å². The lowest BCUT2D eigenvalue weighted by Crippen LogP contribution is -2.37. The molecule has 1 aromatic heterocycles. The first kappa shape index (κ1) is 15.0. The van der Waals surface area contributed by atoms with Gasteiger partial charge in [0.1, 0.15) is 5.76 Å². The SMILES string of the molecule is Cc1noc(C)c1CNC[C@@H]1COC2(CCC(C)CC2)O1. The Morgan fingerprint density at radius 2 is 2.05 bits per heavy atom. The minimum atomic E-state index is -0.290. The van der Waals surface area contributed by atoms with E-state index in [0.717, 1.165) is 48.9 Å². The smallest absolute Gasteiger partial charge is 0.168 e. The third-order valence-corrected chi connectivity index (χ3v) is 4.80. The average molecular weight is 294 g/mol. The molecule has 2 aliphatic rings. The fraction of sp³-hybridized carbons (Fsp3) is 0.812. The fourth-order valence-corrected chi connectivity index (χ4v) is 3.29. The molecular weight excluding hydrogens is 268 g/mol. The zero-order valence-electron chi connectivity index (χ0n) is 13.3. The van der Waals surface area contributed by atoms with Crippen LogP contribution in [-0.4, -0.2) is 30.2 Å². The maximum absolute atomic E-state index is 6.19. The number of rotatable bonds is 4. The minimum absolute atomic E-state index is 0.152. The summed E-state index contributed by atoms with van der Waals surface area (Å²) < 4.78 is 17.4. The molecule has 118 valence electrons. The van der Waals surface area contributed by atoms with Gasteiger partial charge >= 0.3 is 0 Å². The first-order valence-electron chi connectivity index (χ1n) is 8.02. The van der Waals surface area contributed by atoms with Crippen molar-refractivity contribution in [3.63, 3.8) is 0 Å². The van der Waals surface area contributed by atoms with Crippen molar-refractivity contribution in [3.05, 3.63) is 17.0 Å². The van der Waals surface area contributed by atoms with E-state index >= 15 is 0 Å². The number of aryl methyl sites for hydroxylation is 2. The molecule has 1 saturated heterocycles. The number of nitrogens with one attached hydrogen (secondary N) is 1. The highest BCUT2D eigenvalue weighted by Gasteiger charge is 2.43. The molecule has 1 spiro atoms. The first-order valence-corrected chi connectivity index (χ1v) is 8.02. The molecule has 1 saturated carbocycles. The second-order valence-electron chi connectivity index (χ2n) is 6.58. The molecule has 2 fully saturated rings. The average Bonchev–Trinajstić information content (AvgIpc) is 3.01. The van der Waals surface area contributed by atoms with Crippen molar-refractivity contribution in [3.8, 4) is 0 Å². The van der Waals surface area contributed by atoms with Crippen molar-refractivity contribution in [1.82, 2.24) is 10.5 Å². The zero-order valence-corrected chi connectivity index (χ0v) is 13.3. The van der Waals surface area contributed by atoms with Crippen LogP contribution in [0.4, 0.5) is 0 Å². The Kier molecular flexibility index (Phi) is 4.33. The summed E-state index contributed by atoms with van der Waals surface area (Å²) >= 11 is 0. The molecule has 21 heavy (non-hydrogen) atoms. The second-order valence-corrected chi connectivity index (χ2v) is 6.58. The summed E-state index contributed by atoms with van der Waals surface area (Å²) in [6.45, 7) is 8.51. The van der Waals surface area contributed by atoms with Gasteiger partial charge in [0, 0.05) is 31.5 Å². The summed E-state index contributed by atoms with van der Waals surface area (Å²) in [5.41, 5.74) is 2.11. The van der Waals surface area contributed by atoms with Gasteiger partial charge in [0.05, 0.1) is 18.4 Å². The summed E-state index contributed by atoms with van der Waals surface area (Å²) in [6, 6.07) is 0. The lowest BCUT2D eigenvalue weighted by molar-refractivity contribution is -0.191. The van der Waals surface area contributed by atoms with Crippen molar-refractivity contribution in [1.29, 1.82) is 0 Å². The lowest BCUT2D eigenvalue weighted by Gasteiger charge is -2.34. The van der Waals surface area contributed by atoms with E-state index in [1.807, 2.05) is 13.8 Å². The van der Waals surface area contributed by atoms with Gasteiger partial charge in [-0.3, -0.25) is 0 Å². The topological polar surface area (TPSA) is 56.5 Å². The van der Waals surface area contributed by atoms with Gasteiger partial charge in [-0.05, 0) is 32.6 Å². The molecule has 1 N–H and O–H groups in total. The molecule has 0 amide bonds. The summed E-state index contributed by atoms with van der Waals surface area (Å²) in [5.74, 6) is 1.41. The molecule has 0 unspecified atom stereocenters. The molecule has 1 aromatic rings. The zero-order chi connectivity index (χ0) is 14.9. The van der Waals surface area contributed by atoms with Crippen molar-refractivity contribution in [2.75, 3.05) is 13.2 Å². The van der Waals surface area contributed by atoms with E-state index in [-0.39, 0.29) is 11.9 Å². The molecule has 0 aromatic carbocycles. The largest absolute Gasteiger partial charge is 0.361 e. The molecule has 1 aliphatic heterocycles. The normalized spacial score (nSPS) is 32.9. The fourth-order valence-electron chi connectivity index (χ4n) is 3.29. The van der Waals surface area contributed by atoms with Gasteiger partial charge in [0.2, 0.25) is 0 Å². The van der Waals surface area contributed by atoms with E-state index in [4.69, 9.17) is 14.0 Å². The molecule has 0 radical (unpaired) electrons. The highest BCUT2D eigenvalue weighted by molar-refractivity contribution is 5.20. The van der Waals surface area contributed by atoms with Gasteiger partial charge in [-0.25, -0.2) is 0 Å². The van der Waals surface area contributed by atoms with Crippen LogP contribution < -0.4 is 5.32 Å². The Labute approximate surface area is 126 Å². The van der Waals surface area contributed by atoms with Crippen molar-refractivity contribution >= 4 is 0 Å². The van der Waals surface area contributed by atoms with Crippen LogP contribution in [0.1, 0.15) is 49.6 Å². The molecule has 2 heterocycles. The van der Waals surface area contributed by atoms with Gasteiger partial charge in [-0.1, -0.05) is 12.1 Å². The molecule has 5 heteroatoms. The predicted octanol–water partition coefficient (Wildman–Crippen LogP) is 2.70. The lowest BCUT2D eigenvalue weighted by atomic mass is 9.86. The van der Waals surface area contributed by atoms with Crippen molar-refractivity contribution in [2.45, 2.75) is 64.9 Å². The Bertz CT molecular complexity index is 458. The Hall–Kier alpha value is -0.910. The van der Waals surface area contributed by atoms with Crippen LogP contribution in [0.15, 0.2) is 4.52 Å². The molecule has 3 rings (SSSR count). The van der Waals surface area contributed by atoms with Crippen molar-refractivity contribution < 1.29 is 14.0 Å². The van der Waals surface area contributed by atoms with E-state index in [9.17, 15) is 0 Å². The standard InChI is InChI=1S/C16H26N2O3/c1-11-4-6-16(7-5-11)19-10-14(20-16)8-17-9-15-12(2)18-21-13(15)3/h11,14,17H,4-10H2,1-3H3/t11?,14-,16?/m1/s1. The summed E-state index contributed by atoms with van der Waals surface area (Å²) in [4.78, 5) is 0. The minimum Gasteiger partial charge on any atom is -0.361 e. The van der Waals surface area contributed by atoms with Crippen LogP contribution in [0.3, 0.4) is 0 Å². The number of aromatic nitrogens is 1. The number of hydrogen-bond donors (Lipinski definition) is 1. The summed E-state index contributed by atoms with van der Waals surface area (Å²) in [6.07, 6.45) is 4.64. The van der Waals surface area contributed by atoms with Crippen LogP contribution >= 0.6 is 0 Å². The van der Waals surface area contributed by atoms with Crippen LogP contribution in [0.2, 0.25) is 0 Å². The van der Waals surface area contributed by atoms with E-state index in [1.165, 1.54) is 12.8 Å². The van der Waals surface area contributed by atoms with Crippen LogP contribution in [0.25, 0.3) is 0 Å². The molecule has 5 nitrogen and oxygen atoms in total.